The van der Waals surface area contributed by atoms with E-state index in [-0.39, 0.29) is 36.9 Å². The van der Waals surface area contributed by atoms with Gasteiger partial charge in [0, 0.05) is 18.9 Å². The molecule has 9 nitrogen and oxygen atoms in total. The molecule has 37 heavy (non-hydrogen) atoms. The molecule has 0 amide bonds. The topological polar surface area (TPSA) is 124 Å². The minimum Gasteiger partial charge on any atom is -0.479 e. The molecule has 3 N–H and O–H groups in total. The molecule has 9 heteroatoms. The first kappa shape index (κ1) is 31.9. The molecule has 3 unspecified atom stereocenters. The molecule has 1 spiro atoms. The van der Waals surface area contributed by atoms with Crippen molar-refractivity contribution in [3.8, 4) is 0 Å². The van der Waals surface area contributed by atoms with Crippen LogP contribution >= 0.6 is 0 Å². The van der Waals surface area contributed by atoms with Crippen LogP contribution in [0.2, 0.25) is 0 Å². The minimum atomic E-state index is -1.40. The number of allylic oxidation sites excluding steroid dienone is 4. The number of aliphatic hydroxyl groups is 2. The Bertz CT molecular complexity index is 750. The van der Waals surface area contributed by atoms with Gasteiger partial charge in [0.1, 0.15) is 6.79 Å². The van der Waals surface area contributed by atoms with Crippen LogP contribution in [-0.4, -0.2) is 77.3 Å². The van der Waals surface area contributed by atoms with Gasteiger partial charge < -0.3 is 39.0 Å². The zero-order valence-corrected chi connectivity index (χ0v) is 23.3. The predicted molar refractivity (Wildman–Crippen MR) is 139 cm³/mol. The third kappa shape index (κ3) is 9.42. The first-order valence-corrected chi connectivity index (χ1v) is 13.5. The van der Waals surface area contributed by atoms with Crippen LogP contribution in [0.4, 0.5) is 0 Å². The van der Waals surface area contributed by atoms with Crippen molar-refractivity contribution in [1.82, 2.24) is 0 Å². The number of aliphatic carboxylic acids is 1. The van der Waals surface area contributed by atoms with Crippen LogP contribution in [0.3, 0.4) is 0 Å². The molecular weight excluding hydrogens is 480 g/mol. The van der Waals surface area contributed by atoms with Crippen LogP contribution in [0, 0.1) is 11.8 Å². The zero-order chi connectivity index (χ0) is 27.6. The highest BCUT2D eigenvalue weighted by Gasteiger charge is 2.63. The predicted octanol–water partition coefficient (Wildman–Crippen LogP) is 4.16. The Labute approximate surface area is 221 Å². The van der Waals surface area contributed by atoms with Gasteiger partial charge in [-0.25, -0.2) is 4.79 Å². The Balaban J connectivity index is 1.97. The first-order chi connectivity index (χ1) is 17.4. The summed E-state index contributed by atoms with van der Waals surface area (Å²) in [5, 5.41) is 30.2. The van der Waals surface area contributed by atoms with Gasteiger partial charge in [-0.3, -0.25) is 0 Å². The quantitative estimate of drug-likeness (QED) is 0.212. The van der Waals surface area contributed by atoms with Gasteiger partial charge in [0.25, 0.3) is 0 Å². The van der Waals surface area contributed by atoms with Crippen LogP contribution in [0.15, 0.2) is 24.3 Å². The van der Waals surface area contributed by atoms with Crippen LogP contribution < -0.4 is 0 Å². The normalized spacial score (nSPS) is 31.2. The highest BCUT2D eigenvalue weighted by Crippen LogP contribution is 2.48. The number of methoxy groups -OCH3 is 1. The van der Waals surface area contributed by atoms with E-state index in [0.717, 1.165) is 19.3 Å². The van der Waals surface area contributed by atoms with Crippen molar-refractivity contribution in [3.63, 3.8) is 0 Å². The van der Waals surface area contributed by atoms with Gasteiger partial charge in [-0.05, 0) is 65.7 Å². The molecule has 0 aromatic heterocycles. The summed E-state index contributed by atoms with van der Waals surface area (Å²) < 4.78 is 29.1. The fourth-order valence-corrected chi connectivity index (χ4v) is 5.03. The lowest BCUT2D eigenvalue weighted by molar-refractivity contribution is -0.321. The second kappa shape index (κ2) is 14.7. The summed E-state index contributed by atoms with van der Waals surface area (Å²) in [6.45, 7) is 9.13. The second-order valence-corrected chi connectivity index (χ2v) is 10.9. The van der Waals surface area contributed by atoms with Crippen molar-refractivity contribution in [3.05, 3.63) is 24.3 Å². The van der Waals surface area contributed by atoms with Crippen molar-refractivity contribution >= 4 is 5.97 Å². The molecule has 2 aliphatic rings. The average Bonchev–Trinajstić information content (AvgIpc) is 3.11. The van der Waals surface area contributed by atoms with Crippen LogP contribution in [-0.2, 0) is 28.5 Å². The fourth-order valence-electron chi connectivity index (χ4n) is 5.03. The maximum absolute atomic E-state index is 12.0. The van der Waals surface area contributed by atoms with E-state index in [1.165, 1.54) is 0 Å². The number of hydrogen-bond acceptors (Lipinski definition) is 8. The number of ether oxygens (including phenoxy) is 5. The number of rotatable bonds is 15. The Morgan fingerprint density at radius 2 is 1.73 bits per heavy atom. The maximum atomic E-state index is 12.0. The lowest BCUT2D eigenvalue weighted by Gasteiger charge is -2.46. The molecule has 2 heterocycles. The van der Waals surface area contributed by atoms with Crippen molar-refractivity contribution in [2.24, 2.45) is 11.8 Å². The Morgan fingerprint density at radius 1 is 1.08 bits per heavy atom. The summed E-state index contributed by atoms with van der Waals surface area (Å²) in [5.41, 5.74) is 0. The Morgan fingerprint density at radius 3 is 2.32 bits per heavy atom. The van der Waals surface area contributed by atoms with Gasteiger partial charge in [-0.2, -0.15) is 0 Å². The average molecular weight is 529 g/mol. The maximum Gasteiger partial charge on any atom is 0.338 e. The van der Waals surface area contributed by atoms with E-state index < -0.39 is 29.8 Å². The van der Waals surface area contributed by atoms with E-state index in [4.69, 9.17) is 23.7 Å². The first-order valence-electron chi connectivity index (χ1n) is 13.5. The SMILES string of the molecule is COCOC(CC/C=C/C=C\CC[C@H](C)O)CC(O)[C@@H](C)[C@@H]1CC[C@@H](C)[C@]2(O1)OC(C)(C)OC2C(=O)O. The molecule has 0 bridgehead atoms. The molecule has 0 radical (unpaired) electrons. The standard InChI is InChI=1S/C28H48O9/c1-19-15-16-24(35-28(19)25(26(31)32)36-27(4,5)37-28)21(3)23(30)17-22(34-18-33-6)14-12-10-8-7-9-11-13-20(2)29/h7-10,19-25,29-30H,11-18H2,1-6H3,(H,31,32)/b9-7-,10-8+/t19-,20+,21-,22?,23?,24+,25?,28+/m1/s1. The number of carbonyl (C=O) groups is 1. The monoisotopic (exact) mass is 528 g/mol. The molecule has 8 atom stereocenters. The van der Waals surface area contributed by atoms with Crippen molar-refractivity contribution < 1.29 is 43.8 Å². The highest BCUT2D eigenvalue weighted by atomic mass is 16.8. The molecule has 0 aromatic carbocycles. The van der Waals surface area contributed by atoms with Gasteiger partial charge in [0.05, 0.1) is 24.4 Å². The van der Waals surface area contributed by atoms with Gasteiger partial charge >= 0.3 is 5.97 Å². The molecule has 2 aliphatic heterocycles. The summed E-state index contributed by atoms with van der Waals surface area (Å²) in [5.74, 6) is -4.05. The molecule has 0 aliphatic carbocycles. The Kier molecular flexibility index (Phi) is 12.7. The van der Waals surface area contributed by atoms with Crippen LogP contribution in [0.1, 0.15) is 79.6 Å². The van der Waals surface area contributed by atoms with E-state index in [2.05, 4.69) is 6.08 Å². The molecular formula is C28H48O9. The molecule has 0 aromatic rings. The third-order valence-corrected chi connectivity index (χ3v) is 7.21. The molecule has 2 saturated heterocycles. The smallest absolute Gasteiger partial charge is 0.338 e. The van der Waals surface area contributed by atoms with Gasteiger partial charge in [0.2, 0.25) is 11.9 Å². The van der Waals surface area contributed by atoms with Crippen molar-refractivity contribution in [1.29, 1.82) is 0 Å². The third-order valence-electron chi connectivity index (χ3n) is 7.21. The molecule has 214 valence electrons. The summed E-state index contributed by atoms with van der Waals surface area (Å²) in [4.78, 5) is 12.0. The van der Waals surface area contributed by atoms with Gasteiger partial charge in [0.15, 0.2) is 5.79 Å². The molecule has 2 fully saturated rings. The second-order valence-electron chi connectivity index (χ2n) is 10.9. The van der Waals surface area contributed by atoms with Crippen LogP contribution in [0.25, 0.3) is 0 Å². The molecule has 2 rings (SSSR count). The zero-order valence-electron chi connectivity index (χ0n) is 23.3. The number of carboxylic acids is 1. The van der Waals surface area contributed by atoms with Gasteiger partial charge in [-0.15, -0.1) is 0 Å². The highest BCUT2D eigenvalue weighted by molar-refractivity contribution is 5.74. The minimum absolute atomic E-state index is 0.135. The van der Waals surface area contributed by atoms with Crippen molar-refractivity contribution in [2.75, 3.05) is 13.9 Å². The lowest BCUT2D eigenvalue weighted by atomic mass is 9.81. The number of aliphatic hydroxyl groups excluding tert-OH is 2. The van der Waals surface area contributed by atoms with E-state index in [1.54, 1.807) is 27.9 Å². The summed E-state index contributed by atoms with van der Waals surface area (Å²) in [7, 11) is 1.56. The van der Waals surface area contributed by atoms with E-state index in [0.29, 0.717) is 25.7 Å². The lowest BCUT2D eigenvalue weighted by Crippen LogP contribution is -2.58. The van der Waals surface area contributed by atoms with E-state index >= 15 is 0 Å². The number of hydrogen-bond donors (Lipinski definition) is 3. The van der Waals surface area contributed by atoms with Crippen LogP contribution in [0.5, 0.6) is 0 Å². The number of carboxylic acid groups (broad SMARTS) is 1. The summed E-state index contributed by atoms with van der Waals surface area (Å²) >= 11 is 0. The molecule has 0 saturated carbocycles. The van der Waals surface area contributed by atoms with E-state index in [9.17, 15) is 20.1 Å². The fraction of sp³-hybridized carbons (Fsp3) is 0.821. The summed E-state index contributed by atoms with van der Waals surface area (Å²) in [6, 6.07) is 0. The Hall–Kier alpha value is -1.33. The van der Waals surface area contributed by atoms with Crippen molar-refractivity contribution in [2.45, 2.75) is 122 Å². The largest absolute Gasteiger partial charge is 0.479 e. The summed E-state index contributed by atoms with van der Waals surface area (Å²) in [6.07, 6.45) is 10.0. The van der Waals surface area contributed by atoms with Gasteiger partial charge in [-0.1, -0.05) is 38.2 Å². The van der Waals surface area contributed by atoms with E-state index in [1.807, 2.05) is 32.1 Å².